The zero-order valence-electron chi connectivity index (χ0n) is 19.9. The van der Waals surface area contributed by atoms with E-state index in [2.05, 4.69) is 25.3 Å². The van der Waals surface area contributed by atoms with Gasteiger partial charge in [-0.05, 0) is 31.9 Å². The van der Waals surface area contributed by atoms with Gasteiger partial charge in [-0.1, -0.05) is 47.8 Å². The Kier molecular flexibility index (Phi) is 7.32. The van der Waals surface area contributed by atoms with Crippen LogP contribution in [0, 0.1) is 0 Å². The molecule has 34 heavy (non-hydrogen) atoms. The van der Waals surface area contributed by atoms with Crippen LogP contribution in [-0.2, 0) is 11.3 Å². The number of halogens is 1. The second-order valence-corrected chi connectivity index (χ2v) is 8.43. The first-order chi connectivity index (χ1) is 16.5. The van der Waals surface area contributed by atoms with Crippen molar-refractivity contribution in [2.24, 2.45) is 0 Å². The third-order valence-corrected chi connectivity index (χ3v) is 5.60. The number of nitrogens with one attached hydrogen (secondary N) is 1. The lowest BCUT2D eigenvalue weighted by molar-refractivity contribution is 0.184. The van der Waals surface area contributed by atoms with E-state index in [-0.39, 0.29) is 24.4 Å². The van der Waals surface area contributed by atoms with E-state index in [1.54, 1.807) is 19.6 Å². The highest BCUT2D eigenvalue weighted by molar-refractivity contribution is 5.84. The summed E-state index contributed by atoms with van der Waals surface area (Å²) in [6, 6.07) is 13.8. The summed E-state index contributed by atoms with van der Waals surface area (Å²) in [6.07, 6.45) is 4.17. The van der Waals surface area contributed by atoms with E-state index in [4.69, 9.17) is 4.74 Å². The fourth-order valence-corrected chi connectivity index (χ4v) is 3.69. The van der Waals surface area contributed by atoms with Crippen molar-refractivity contribution in [3.63, 3.8) is 0 Å². The fraction of sp³-hybridized carbons (Fsp3) is 0.360. The lowest BCUT2D eigenvalue weighted by Gasteiger charge is -2.19. The maximum atomic E-state index is 15.5. The molecule has 0 spiro atoms. The van der Waals surface area contributed by atoms with Crippen molar-refractivity contribution in [2.45, 2.75) is 45.8 Å². The summed E-state index contributed by atoms with van der Waals surface area (Å²) < 4.78 is 22.7. The van der Waals surface area contributed by atoms with Crippen molar-refractivity contribution in [1.82, 2.24) is 24.5 Å². The normalized spacial score (nSPS) is 12.3. The highest BCUT2D eigenvalue weighted by Gasteiger charge is 2.21. The summed E-state index contributed by atoms with van der Waals surface area (Å²) in [6.45, 7) is 6.58. The van der Waals surface area contributed by atoms with Crippen molar-refractivity contribution < 1.29 is 9.22 Å². The molecule has 0 saturated carbocycles. The van der Waals surface area contributed by atoms with Crippen molar-refractivity contribution in [3.05, 3.63) is 60.6 Å². The summed E-state index contributed by atoms with van der Waals surface area (Å²) in [5.74, 6) is 0.459. The molecule has 1 aromatic carbocycles. The minimum atomic E-state index is -0.0164. The summed E-state index contributed by atoms with van der Waals surface area (Å²) in [5.41, 5.74) is 3.56. The molecule has 0 radical (unpaired) electrons. The minimum Gasteiger partial charge on any atom is -0.383 e. The van der Waals surface area contributed by atoms with Crippen LogP contribution in [0.1, 0.15) is 38.8 Å². The summed E-state index contributed by atoms with van der Waals surface area (Å²) in [7, 11) is 1.65. The van der Waals surface area contributed by atoms with E-state index in [0.717, 1.165) is 23.2 Å². The average molecular weight is 464 g/mol. The van der Waals surface area contributed by atoms with Crippen molar-refractivity contribution >= 4 is 22.9 Å². The lowest BCUT2D eigenvalue weighted by Crippen LogP contribution is -2.26. The van der Waals surface area contributed by atoms with E-state index in [1.807, 2.05) is 67.8 Å². The van der Waals surface area contributed by atoms with E-state index in [0.29, 0.717) is 28.8 Å². The molecule has 0 aliphatic rings. The third kappa shape index (κ3) is 5.14. The molecule has 0 fully saturated rings. The molecule has 1 N–H and O–H groups in total. The SMILES string of the molecule is CCC(COC)Nc1nc(N(F)Cc2ccc(-c3ccccc3)nc2)c2ncn(C(C)C)c2n1. The van der Waals surface area contributed by atoms with Crippen LogP contribution in [-0.4, -0.2) is 44.3 Å². The van der Waals surface area contributed by atoms with Crippen LogP contribution in [0.2, 0.25) is 0 Å². The Labute approximate surface area is 198 Å². The molecule has 4 aromatic rings. The molecule has 4 rings (SSSR count). The van der Waals surface area contributed by atoms with Gasteiger partial charge in [-0.15, -0.1) is 0 Å². The molecule has 0 aliphatic carbocycles. The number of imidazole rings is 1. The highest BCUT2D eigenvalue weighted by Crippen LogP contribution is 2.28. The van der Waals surface area contributed by atoms with Crippen LogP contribution in [0.4, 0.5) is 16.2 Å². The topological polar surface area (TPSA) is 81.0 Å². The molecule has 3 aromatic heterocycles. The number of nitrogens with zero attached hydrogens (tertiary/aromatic N) is 6. The second-order valence-electron chi connectivity index (χ2n) is 8.43. The van der Waals surface area contributed by atoms with Crippen LogP contribution >= 0.6 is 0 Å². The maximum Gasteiger partial charge on any atom is 0.227 e. The molecular weight excluding hydrogens is 433 g/mol. The molecule has 1 atom stereocenters. The molecule has 0 bridgehead atoms. The van der Waals surface area contributed by atoms with Crippen LogP contribution in [0.5, 0.6) is 0 Å². The fourth-order valence-electron chi connectivity index (χ4n) is 3.69. The molecule has 9 heteroatoms. The Morgan fingerprint density at radius 3 is 2.53 bits per heavy atom. The van der Waals surface area contributed by atoms with Gasteiger partial charge in [0.1, 0.15) is 0 Å². The number of methoxy groups -OCH3 is 1. The number of hydrogen-bond acceptors (Lipinski definition) is 7. The first-order valence-corrected chi connectivity index (χ1v) is 11.4. The molecule has 0 amide bonds. The zero-order valence-corrected chi connectivity index (χ0v) is 19.9. The van der Waals surface area contributed by atoms with Gasteiger partial charge in [0.15, 0.2) is 17.0 Å². The molecule has 0 aliphatic heterocycles. The standard InChI is InChI=1S/C25H30FN7O/c1-5-20(15-34-4)29-25-30-23-22(28-16-32(23)17(2)3)24(31-25)33(26)14-18-11-12-21(27-13-18)19-9-7-6-8-10-19/h6-13,16-17,20H,5,14-15H2,1-4H3,(H,29,30,31). The smallest absolute Gasteiger partial charge is 0.227 e. The largest absolute Gasteiger partial charge is 0.383 e. The quantitative estimate of drug-likeness (QED) is 0.324. The van der Waals surface area contributed by atoms with Crippen molar-refractivity contribution in [3.8, 4) is 11.3 Å². The minimum absolute atomic E-state index is 0.00788. The van der Waals surface area contributed by atoms with E-state index < -0.39 is 0 Å². The molecule has 178 valence electrons. The van der Waals surface area contributed by atoms with Gasteiger partial charge in [-0.3, -0.25) is 4.98 Å². The molecular formula is C25H30FN7O. The summed E-state index contributed by atoms with van der Waals surface area (Å²) in [5, 5.41) is 3.87. The lowest BCUT2D eigenvalue weighted by atomic mass is 10.1. The van der Waals surface area contributed by atoms with Crippen LogP contribution in [0.25, 0.3) is 22.4 Å². The Hall–Kier alpha value is -3.59. The first kappa shape index (κ1) is 23.6. The molecule has 3 heterocycles. The van der Waals surface area contributed by atoms with Gasteiger partial charge < -0.3 is 14.6 Å². The Balaban J connectivity index is 1.63. The summed E-state index contributed by atoms with van der Waals surface area (Å²) in [4.78, 5) is 18.0. The average Bonchev–Trinajstić information content (AvgIpc) is 3.28. The third-order valence-electron chi connectivity index (χ3n) is 5.60. The van der Waals surface area contributed by atoms with E-state index in [1.165, 1.54) is 0 Å². The number of rotatable bonds is 10. The second kappa shape index (κ2) is 10.6. The van der Waals surface area contributed by atoms with Gasteiger partial charge in [0.25, 0.3) is 0 Å². The Bertz CT molecular complexity index is 1210. The van der Waals surface area contributed by atoms with Gasteiger partial charge in [0.2, 0.25) is 5.95 Å². The first-order valence-electron chi connectivity index (χ1n) is 11.4. The number of aromatic nitrogens is 5. The van der Waals surface area contributed by atoms with Crippen LogP contribution in [0.3, 0.4) is 0 Å². The van der Waals surface area contributed by atoms with Crippen molar-refractivity contribution in [1.29, 1.82) is 0 Å². The zero-order chi connectivity index (χ0) is 24.1. The maximum absolute atomic E-state index is 15.5. The van der Waals surface area contributed by atoms with Crippen LogP contribution in [0.15, 0.2) is 55.0 Å². The monoisotopic (exact) mass is 463 g/mol. The number of ether oxygens (including phenoxy) is 1. The number of fused-ring (bicyclic) bond motifs is 1. The number of hydrogen-bond donors (Lipinski definition) is 1. The van der Waals surface area contributed by atoms with Crippen molar-refractivity contribution in [2.75, 3.05) is 24.2 Å². The summed E-state index contributed by atoms with van der Waals surface area (Å²) >= 11 is 0. The molecule has 0 saturated heterocycles. The van der Waals surface area contributed by atoms with E-state index >= 15 is 4.48 Å². The number of pyridine rings is 1. The number of benzene rings is 1. The van der Waals surface area contributed by atoms with Gasteiger partial charge in [-0.2, -0.15) is 15.1 Å². The van der Waals surface area contributed by atoms with Gasteiger partial charge in [0.05, 0.1) is 31.2 Å². The van der Waals surface area contributed by atoms with Crippen LogP contribution < -0.4 is 10.4 Å². The van der Waals surface area contributed by atoms with Gasteiger partial charge in [-0.25, -0.2) is 4.98 Å². The van der Waals surface area contributed by atoms with Gasteiger partial charge in [0, 0.05) is 24.9 Å². The van der Waals surface area contributed by atoms with E-state index in [9.17, 15) is 0 Å². The predicted octanol–water partition coefficient (Wildman–Crippen LogP) is 5.20. The molecule has 8 nitrogen and oxygen atoms in total. The predicted molar refractivity (Wildman–Crippen MR) is 132 cm³/mol. The highest BCUT2D eigenvalue weighted by atomic mass is 19.2. The van der Waals surface area contributed by atoms with Gasteiger partial charge >= 0.3 is 0 Å². The number of anilines is 2. The Morgan fingerprint density at radius 1 is 1.09 bits per heavy atom. The Morgan fingerprint density at radius 2 is 1.88 bits per heavy atom. The molecule has 1 unspecified atom stereocenters.